The van der Waals surface area contributed by atoms with E-state index in [0.29, 0.717) is 0 Å². The lowest BCUT2D eigenvalue weighted by Crippen LogP contribution is -2.41. The molecule has 18 heavy (non-hydrogen) atoms. The van der Waals surface area contributed by atoms with Crippen molar-refractivity contribution < 1.29 is 9.53 Å². The fraction of sp³-hybridized carbons (Fsp3) is 0.500. The quantitative estimate of drug-likeness (QED) is 0.911. The van der Waals surface area contributed by atoms with E-state index in [1.165, 1.54) is 0 Å². The van der Waals surface area contributed by atoms with Crippen molar-refractivity contribution in [3.63, 3.8) is 0 Å². The fourth-order valence-corrected chi connectivity index (χ4v) is 2.59. The molecule has 0 saturated carbocycles. The number of hydrogen-bond acceptors (Lipinski definition) is 2. The van der Waals surface area contributed by atoms with E-state index in [1.807, 2.05) is 32.0 Å². The van der Waals surface area contributed by atoms with Crippen LogP contribution in [0.1, 0.15) is 35.7 Å². The summed E-state index contributed by atoms with van der Waals surface area (Å²) in [7, 11) is 0. The summed E-state index contributed by atoms with van der Waals surface area (Å²) in [6, 6.07) is 5.99. The molecule has 0 aromatic heterocycles. The largest absolute Gasteiger partial charge is 0.378 e. The Balaban J connectivity index is 2.05. The van der Waals surface area contributed by atoms with E-state index in [1.54, 1.807) is 0 Å². The topological polar surface area (TPSA) is 38.3 Å². The molecule has 0 bridgehead atoms. The number of rotatable bonds is 2. The molecular formula is C14H18BrNO2. The van der Waals surface area contributed by atoms with Crippen LogP contribution < -0.4 is 5.32 Å². The second-order valence-electron chi connectivity index (χ2n) is 4.84. The lowest BCUT2D eigenvalue weighted by atomic mass is 10.0. The number of carbonyl (C=O) groups excluding carboxylic acids is 1. The second kappa shape index (κ2) is 5.85. The van der Waals surface area contributed by atoms with E-state index >= 15 is 0 Å². The monoisotopic (exact) mass is 311 g/mol. The van der Waals surface area contributed by atoms with Gasteiger partial charge in [-0.1, -0.05) is 22.0 Å². The number of carbonyl (C=O) groups is 1. The van der Waals surface area contributed by atoms with Crippen LogP contribution in [0.4, 0.5) is 0 Å². The third kappa shape index (κ3) is 3.33. The lowest BCUT2D eigenvalue weighted by molar-refractivity contribution is 0.0136. The van der Waals surface area contributed by atoms with E-state index in [2.05, 4.69) is 21.2 Å². The number of hydrogen-bond donors (Lipinski definition) is 1. The van der Waals surface area contributed by atoms with E-state index in [9.17, 15) is 4.79 Å². The Bertz CT molecular complexity index is 447. The predicted molar refractivity (Wildman–Crippen MR) is 74.8 cm³/mol. The van der Waals surface area contributed by atoms with E-state index < -0.39 is 0 Å². The van der Waals surface area contributed by atoms with Crippen molar-refractivity contribution in [3.05, 3.63) is 33.8 Å². The van der Waals surface area contributed by atoms with Crippen molar-refractivity contribution in [2.45, 2.75) is 38.8 Å². The van der Waals surface area contributed by atoms with E-state index in [0.717, 1.165) is 35.0 Å². The van der Waals surface area contributed by atoms with Gasteiger partial charge in [-0.15, -0.1) is 0 Å². The van der Waals surface area contributed by atoms with E-state index in [4.69, 9.17) is 4.74 Å². The van der Waals surface area contributed by atoms with Crippen molar-refractivity contribution in [2.24, 2.45) is 0 Å². The van der Waals surface area contributed by atoms with Crippen LogP contribution >= 0.6 is 15.9 Å². The minimum Gasteiger partial charge on any atom is -0.378 e. The lowest BCUT2D eigenvalue weighted by Gasteiger charge is -2.28. The first-order valence-electron chi connectivity index (χ1n) is 6.25. The molecule has 2 unspecified atom stereocenters. The van der Waals surface area contributed by atoms with Crippen LogP contribution in [0, 0.1) is 6.92 Å². The van der Waals surface area contributed by atoms with Gasteiger partial charge in [0.15, 0.2) is 0 Å². The van der Waals surface area contributed by atoms with Gasteiger partial charge in [0.05, 0.1) is 6.10 Å². The van der Waals surface area contributed by atoms with Gasteiger partial charge in [0.2, 0.25) is 0 Å². The molecule has 1 aliphatic heterocycles. The number of halogens is 1. The van der Waals surface area contributed by atoms with Gasteiger partial charge in [0.25, 0.3) is 5.91 Å². The Morgan fingerprint density at radius 3 is 3.00 bits per heavy atom. The molecule has 1 aromatic carbocycles. The maximum absolute atomic E-state index is 12.2. The first-order valence-corrected chi connectivity index (χ1v) is 7.04. The minimum absolute atomic E-state index is 0.00731. The Kier molecular flexibility index (Phi) is 4.40. The maximum atomic E-state index is 12.2. The highest BCUT2D eigenvalue weighted by Crippen LogP contribution is 2.18. The Morgan fingerprint density at radius 2 is 2.28 bits per heavy atom. The molecular weight excluding hydrogens is 294 g/mol. The van der Waals surface area contributed by atoms with Gasteiger partial charge in [-0.25, -0.2) is 0 Å². The number of nitrogens with one attached hydrogen (secondary N) is 1. The summed E-state index contributed by atoms with van der Waals surface area (Å²) in [4.78, 5) is 12.2. The molecule has 1 aromatic rings. The van der Waals surface area contributed by atoms with Crippen molar-refractivity contribution in [3.8, 4) is 0 Å². The van der Waals surface area contributed by atoms with Crippen molar-refractivity contribution in [1.29, 1.82) is 0 Å². The summed E-state index contributed by atoms with van der Waals surface area (Å²) in [5.41, 5.74) is 1.74. The smallest absolute Gasteiger partial charge is 0.251 e. The zero-order chi connectivity index (χ0) is 13.1. The molecule has 2 atom stereocenters. The van der Waals surface area contributed by atoms with Crippen molar-refractivity contribution in [1.82, 2.24) is 5.32 Å². The highest BCUT2D eigenvalue weighted by molar-refractivity contribution is 9.10. The van der Waals surface area contributed by atoms with Gasteiger partial charge in [0, 0.05) is 22.7 Å². The van der Waals surface area contributed by atoms with Gasteiger partial charge >= 0.3 is 0 Å². The van der Waals surface area contributed by atoms with Gasteiger partial charge in [0.1, 0.15) is 0 Å². The summed E-state index contributed by atoms with van der Waals surface area (Å²) in [5.74, 6) is 0.00731. The van der Waals surface area contributed by atoms with Crippen LogP contribution in [0.5, 0.6) is 0 Å². The third-order valence-corrected chi connectivity index (χ3v) is 3.76. The summed E-state index contributed by atoms with van der Waals surface area (Å²) >= 11 is 3.40. The van der Waals surface area contributed by atoms with Crippen LogP contribution in [0.15, 0.2) is 22.7 Å². The molecule has 0 radical (unpaired) electrons. The van der Waals surface area contributed by atoms with Crippen LogP contribution in [0.25, 0.3) is 0 Å². The van der Waals surface area contributed by atoms with Crippen LogP contribution in [-0.2, 0) is 4.74 Å². The molecule has 1 fully saturated rings. The Morgan fingerprint density at radius 1 is 1.50 bits per heavy atom. The highest BCUT2D eigenvalue weighted by Gasteiger charge is 2.21. The molecule has 1 saturated heterocycles. The molecule has 2 rings (SSSR count). The van der Waals surface area contributed by atoms with Crippen LogP contribution in [0.2, 0.25) is 0 Å². The molecule has 1 aliphatic rings. The number of amides is 1. The predicted octanol–water partition coefficient (Wildman–Crippen LogP) is 3.05. The molecule has 0 spiro atoms. The summed E-state index contributed by atoms with van der Waals surface area (Å²) in [6.45, 7) is 4.72. The van der Waals surface area contributed by atoms with Gasteiger partial charge in [-0.05, 0) is 44.4 Å². The third-order valence-electron chi connectivity index (χ3n) is 3.26. The number of aryl methyl sites for hydroxylation is 1. The molecule has 3 nitrogen and oxygen atoms in total. The molecule has 98 valence electrons. The summed E-state index contributed by atoms with van der Waals surface area (Å²) in [6.07, 6.45) is 2.01. The molecule has 1 heterocycles. The Labute approximate surface area is 116 Å². The van der Waals surface area contributed by atoms with Crippen molar-refractivity contribution in [2.75, 3.05) is 6.61 Å². The summed E-state index contributed by atoms with van der Waals surface area (Å²) in [5, 5.41) is 3.09. The van der Waals surface area contributed by atoms with Gasteiger partial charge in [-0.3, -0.25) is 4.79 Å². The maximum Gasteiger partial charge on any atom is 0.251 e. The zero-order valence-corrected chi connectivity index (χ0v) is 12.3. The Hall–Kier alpha value is -0.870. The van der Waals surface area contributed by atoms with Gasteiger partial charge < -0.3 is 10.1 Å². The standard InChI is InChI=1S/C14H18BrNO2/c1-9-3-4-11(15)8-13(9)14(17)16-12-5-6-18-10(2)7-12/h3-4,8,10,12H,5-7H2,1-2H3,(H,16,17). The molecule has 1 amide bonds. The molecule has 1 N–H and O–H groups in total. The van der Waals surface area contributed by atoms with Crippen LogP contribution in [0.3, 0.4) is 0 Å². The molecule has 4 heteroatoms. The van der Waals surface area contributed by atoms with Gasteiger partial charge in [-0.2, -0.15) is 0 Å². The number of benzene rings is 1. The second-order valence-corrected chi connectivity index (χ2v) is 5.75. The minimum atomic E-state index is 0.00731. The molecule has 0 aliphatic carbocycles. The zero-order valence-electron chi connectivity index (χ0n) is 10.7. The normalized spacial score (nSPS) is 23.7. The highest BCUT2D eigenvalue weighted by atomic mass is 79.9. The van der Waals surface area contributed by atoms with Crippen molar-refractivity contribution >= 4 is 21.8 Å². The first-order chi connectivity index (χ1) is 8.56. The average Bonchev–Trinajstić information content (AvgIpc) is 2.32. The van der Waals surface area contributed by atoms with E-state index in [-0.39, 0.29) is 18.1 Å². The van der Waals surface area contributed by atoms with Crippen LogP contribution in [-0.4, -0.2) is 24.7 Å². The fourth-order valence-electron chi connectivity index (χ4n) is 2.23. The first kappa shape index (κ1) is 13.6. The average molecular weight is 312 g/mol. The number of ether oxygens (including phenoxy) is 1. The SMILES string of the molecule is Cc1ccc(Br)cc1C(=O)NC1CCOC(C)C1. The summed E-state index contributed by atoms with van der Waals surface area (Å²) < 4.78 is 6.41.